The molecular weight excluding hydrogens is 1440 g/mol. The molecule has 3 fully saturated rings. The van der Waals surface area contributed by atoms with Crippen molar-refractivity contribution in [2.45, 2.75) is 220 Å². The Morgan fingerprint density at radius 3 is 0.934 bits per heavy atom. The predicted molar refractivity (Wildman–Crippen MR) is 364 cm³/mol. The molecule has 0 saturated carbocycles. The minimum Gasteiger partial charge on any atom is -0.394 e. The Morgan fingerprint density at radius 2 is 0.623 bits per heavy atom. The summed E-state index contributed by atoms with van der Waals surface area (Å²) in [6.07, 6.45) is -18.3. The van der Waals surface area contributed by atoms with Gasteiger partial charge in [0.25, 0.3) is 0 Å². The van der Waals surface area contributed by atoms with E-state index in [4.69, 9.17) is 47.2 Å². The quantitative estimate of drug-likeness (QED) is 0.0199. The first-order chi connectivity index (χ1) is 50.7. The Hall–Kier alpha value is -4.97. The van der Waals surface area contributed by atoms with Crippen LogP contribution in [0.1, 0.15) is 122 Å². The zero-order chi connectivity index (χ0) is 78.3. The number of hydrogen-bond acceptors (Lipinski definition) is 32. The van der Waals surface area contributed by atoms with Crippen LogP contribution in [-0.2, 0) is 94.6 Å². The van der Waals surface area contributed by atoms with Gasteiger partial charge in [0.2, 0.25) is 47.3 Å². The molecule has 0 spiro atoms. The van der Waals surface area contributed by atoms with Crippen molar-refractivity contribution in [2.24, 2.45) is 0 Å². The lowest BCUT2D eigenvalue weighted by Crippen LogP contribution is -2.59. The number of phosphoric ester groups is 1. The summed E-state index contributed by atoms with van der Waals surface area (Å²) in [6.45, 7) is -2.25. The van der Waals surface area contributed by atoms with Gasteiger partial charge in [0, 0.05) is 104 Å². The first kappa shape index (κ1) is 95.2. The van der Waals surface area contributed by atoms with Crippen LogP contribution in [0.25, 0.3) is 0 Å². The maximum Gasteiger partial charge on any atom is 0.471 e. The van der Waals surface area contributed by atoms with Gasteiger partial charge in [-0.05, 0) is 57.8 Å². The van der Waals surface area contributed by atoms with Gasteiger partial charge in [-0.25, -0.2) is 4.57 Å². The topological polar surface area (TPSA) is 614 Å². The molecule has 41 nitrogen and oxygen atoms in total. The summed E-state index contributed by atoms with van der Waals surface area (Å²) in [5, 5.41) is 140. The van der Waals surface area contributed by atoms with Crippen molar-refractivity contribution < 1.29 is 161 Å². The van der Waals surface area contributed by atoms with Crippen LogP contribution in [-0.4, -0.2) is 350 Å². The van der Waals surface area contributed by atoms with E-state index in [0.717, 1.165) is 7.11 Å². The number of aliphatic hydroxyl groups excluding tert-OH is 12. The van der Waals surface area contributed by atoms with Gasteiger partial charge in [0.05, 0.1) is 85.9 Å². The zero-order valence-corrected chi connectivity index (χ0v) is 61.1. The van der Waals surface area contributed by atoms with Crippen LogP contribution >= 0.6 is 7.82 Å². The normalized spacial score (nSPS) is 25.6. The summed E-state index contributed by atoms with van der Waals surface area (Å²) in [5.74, 6) is -3.19. The van der Waals surface area contributed by atoms with Gasteiger partial charge < -0.3 is 151 Å². The molecule has 16 atom stereocenters. The molecule has 21 N–H and O–H groups in total. The summed E-state index contributed by atoms with van der Waals surface area (Å²) in [5.41, 5.74) is -1.54. The van der Waals surface area contributed by atoms with Crippen LogP contribution in [0, 0.1) is 0 Å². The van der Waals surface area contributed by atoms with Gasteiger partial charge >= 0.3 is 7.82 Å². The number of carbonyl (C=O) groups is 8. The molecule has 0 aromatic rings. The summed E-state index contributed by atoms with van der Waals surface area (Å²) in [6, 6.07) is 0. The number of unbranched alkanes of at least 4 members (excludes halogenated alkanes) is 3. The molecule has 3 aliphatic heterocycles. The van der Waals surface area contributed by atoms with Crippen molar-refractivity contribution in [3.05, 3.63) is 0 Å². The number of amides is 8. The Morgan fingerprint density at radius 1 is 0.340 bits per heavy atom. The standard InChI is InChI=1S/C64H117N8O33P/c1-95-106(93,94)102-31-5-3-2-4-21-65-44(76)13-6-14-51(83)72-64(38-96-32-18-48(80)69-25-10-22-66-45(77)15-7-28-99-61-58(90)55(87)52(84)41(35-73)103-61,39-97-33-19-49(81)70-26-11-23-67-46(78)16-8-29-100-62-59(91)56(88)53(85)42(36-74)104-62)40-98-34-20-50(82)71-27-12-24-68-47(79)17-9-30-101-63-60(92)57(89)54(86)43(37-75)105-63/h41-43,52-63,73-75,84-92H,2-40H2,1H3,(H,65,76)(H,66,77)(H,67,78)(H,68,79)(H,69,80)(H,70,81)(H,71,82)(H,72,83)(H,93,94)/t41?,42?,43?,52-,53-,54-,55+,56+,57+,58?,59?,60?,61-,62-,63-,64?/m1/s1. The summed E-state index contributed by atoms with van der Waals surface area (Å²) >= 11 is 0. The highest BCUT2D eigenvalue weighted by Crippen LogP contribution is 2.42. The third kappa shape index (κ3) is 39.1. The van der Waals surface area contributed by atoms with Crippen molar-refractivity contribution >= 4 is 55.1 Å². The maximum atomic E-state index is 13.8. The average molecular weight is 1560 g/mol. The van der Waals surface area contributed by atoms with E-state index in [2.05, 4.69) is 47.1 Å². The van der Waals surface area contributed by atoms with Gasteiger partial charge in [-0.1, -0.05) is 12.8 Å². The van der Waals surface area contributed by atoms with Crippen molar-refractivity contribution in [2.75, 3.05) is 139 Å². The van der Waals surface area contributed by atoms with Gasteiger partial charge in [-0.3, -0.25) is 47.4 Å². The molecule has 3 saturated heterocycles. The first-order valence-electron chi connectivity index (χ1n) is 35.9. The molecule has 0 aliphatic carbocycles. The van der Waals surface area contributed by atoms with Crippen molar-refractivity contribution in [3.63, 3.8) is 0 Å². The molecule has 7 unspecified atom stereocenters. The lowest BCUT2D eigenvalue weighted by molar-refractivity contribution is -0.301. The molecule has 0 bridgehead atoms. The maximum absolute atomic E-state index is 13.8. The number of ether oxygens (including phenoxy) is 9. The number of aliphatic hydroxyl groups is 12. The second kappa shape index (κ2) is 54.6. The number of phosphoric acid groups is 1. The highest BCUT2D eigenvalue weighted by molar-refractivity contribution is 7.47. The molecule has 8 amide bonds. The highest BCUT2D eigenvalue weighted by atomic mass is 31.2. The fourth-order valence-corrected chi connectivity index (χ4v) is 11.0. The minimum absolute atomic E-state index is 0.0141. The third-order valence-electron chi connectivity index (χ3n) is 16.7. The Kier molecular flexibility index (Phi) is 49.1. The first-order valence-corrected chi connectivity index (χ1v) is 37.4. The van der Waals surface area contributed by atoms with E-state index in [-0.39, 0.29) is 206 Å². The Labute approximate surface area is 615 Å². The van der Waals surface area contributed by atoms with E-state index >= 15 is 0 Å². The van der Waals surface area contributed by atoms with E-state index in [1.807, 2.05) is 0 Å². The summed E-state index contributed by atoms with van der Waals surface area (Å²) in [7, 11) is -3.02. The van der Waals surface area contributed by atoms with E-state index in [1.165, 1.54) is 0 Å². The smallest absolute Gasteiger partial charge is 0.394 e. The zero-order valence-electron chi connectivity index (χ0n) is 60.2. The van der Waals surface area contributed by atoms with Crippen LogP contribution in [0.5, 0.6) is 0 Å². The van der Waals surface area contributed by atoms with Gasteiger partial charge in [-0.15, -0.1) is 0 Å². The molecule has 106 heavy (non-hydrogen) atoms. The Bertz CT molecular complexity index is 2350. The molecule has 0 aromatic heterocycles. The minimum atomic E-state index is -4.08. The second-order valence-electron chi connectivity index (χ2n) is 25.5. The lowest BCUT2D eigenvalue weighted by Gasteiger charge is -2.39. The highest BCUT2D eigenvalue weighted by Gasteiger charge is 2.46. The SMILES string of the molecule is COP(=O)(O)OCCCCCCNC(=O)CCCC(=O)NC(COCCC(=O)NCCCNC(=O)CCCO[C@@H]1OC(CO)[C@@H](O)[C@H](O)C1O)(COCCC(=O)NCCCNC(=O)CCCO[C@@H]1OC(CO)[C@@H](O)[C@H](O)C1O)COCCC(=O)NCCCNC(=O)CCCO[C@@H]1OC(CO)[C@@H](O)[C@H](O)C1O. The third-order valence-corrected chi connectivity index (χ3v) is 17.6. The fourth-order valence-electron chi connectivity index (χ4n) is 10.5. The predicted octanol–water partition coefficient (Wildman–Crippen LogP) is -7.67. The van der Waals surface area contributed by atoms with E-state index in [9.17, 15) is 109 Å². The van der Waals surface area contributed by atoms with Crippen LogP contribution in [0.4, 0.5) is 0 Å². The van der Waals surface area contributed by atoms with Crippen molar-refractivity contribution in [1.29, 1.82) is 0 Å². The second-order valence-corrected chi connectivity index (χ2v) is 27.1. The molecule has 42 heteroatoms. The number of rotatable bonds is 59. The van der Waals surface area contributed by atoms with Crippen LogP contribution in [0.15, 0.2) is 0 Å². The largest absolute Gasteiger partial charge is 0.471 e. The molecule has 3 rings (SSSR count). The van der Waals surface area contributed by atoms with Gasteiger partial charge in [0.15, 0.2) is 18.9 Å². The number of hydrogen-bond donors (Lipinski definition) is 21. The van der Waals surface area contributed by atoms with Gasteiger partial charge in [0.1, 0.15) is 78.8 Å². The fraction of sp³-hybridized carbons (Fsp3) is 0.875. The van der Waals surface area contributed by atoms with E-state index in [0.29, 0.717) is 51.5 Å². The van der Waals surface area contributed by atoms with Gasteiger partial charge in [-0.2, -0.15) is 0 Å². The molecule has 3 heterocycles. The Balaban J connectivity index is 1.57. The average Bonchev–Trinajstić information content (AvgIpc) is 0.833. The van der Waals surface area contributed by atoms with Crippen LogP contribution in [0.3, 0.4) is 0 Å². The van der Waals surface area contributed by atoms with Crippen molar-refractivity contribution in [1.82, 2.24) is 42.5 Å². The monoisotopic (exact) mass is 1560 g/mol. The van der Waals surface area contributed by atoms with E-state index in [1.54, 1.807) is 0 Å². The molecule has 0 aromatic carbocycles. The molecular formula is C64H117N8O33P. The van der Waals surface area contributed by atoms with Crippen LogP contribution in [0.2, 0.25) is 0 Å². The van der Waals surface area contributed by atoms with Crippen molar-refractivity contribution in [3.8, 4) is 0 Å². The number of carbonyl (C=O) groups excluding carboxylic acids is 8. The molecule has 3 aliphatic rings. The molecule has 0 radical (unpaired) electrons. The lowest BCUT2D eigenvalue weighted by atomic mass is 9.99. The molecule has 616 valence electrons. The van der Waals surface area contributed by atoms with E-state index < -0.39 is 149 Å². The summed E-state index contributed by atoms with van der Waals surface area (Å²) in [4.78, 5) is 112. The summed E-state index contributed by atoms with van der Waals surface area (Å²) < 4.78 is 70.8. The number of nitrogens with one attached hydrogen (secondary N) is 8. The van der Waals surface area contributed by atoms with Crippen LogP contribution < -0.4 is 42.5 Å².